The van der Waals surface area contributed by atoms with Crippen molar-refractivity contribution in [3.8, 4) is 5.75 Å². The number of amides is 1. The monoisotopic (exact) mass is 481 g/mol. The van der Waals surface area contributed by atoms with Gasteiger partial charge in [0.25, 0.3) is 0 Å². The van der Waals surface area contributed by atoms with Gasteiger partial charge in [0.05, 0.1) is 24.2 Å². The fraction of sp³-hybridized carbons (Fsp3) is 0.290. The molecule has 0 aliphatic heterocycles. The van der Waals surface area contributed by atoms with Gasteiger partial charge in [-0.05, 0) is 66.6 Å². The minimum atomic E-state index is -0.134. The number of hydrogen-bond acceptors (Lipinski definition) is 3. The molecule has 0 bridgehead atoms. The van der Waals surface area contributed by atoms with Crippen LogP contribution in [0.2, 0.25) is 0 Å². The van der Waals surface area contributed by atoms with Gasteiger partial charge in [0, 0.05) is 12.6 Å². The average Bonchev–Trinajstić information content (AvgIpc) is 3.28. The molecular weight excluding hydrogens is 446 g/mol. The summed E-state index contributed by atoms with van der Waals surface area (Å²) in [7, 11) is 0. The zero-order chi connectivity index (χ0) is 25.2. The number of nitrogens with one attached hydrogen (secondary N) is 1. The Morgan fingerprint density at radius 1 is 1.00 bits per heavy atom. The topological polar surface area (TPSA) is 56.1 Å². The van der Waals surface area contributed by atoms with Gasteiger partial charge in [-0.1, -0.05) is 68.4 Å². The van der Waals surface area contributed by atoms with E-state index in [1.165, 1.54) is 5.56 Å². The maximum Gasteiger partial charge on any atom is 0.244 e. The third kappa shape index (κ3) is 6.85. The van der Waals surface area contributed by atoms with Crippen LogP contribution in [0.5, 0.6) is 5.75 Å². The summed E-state index contributed by atoms with van der Waals surface area (Å²) in [6.07, 6.45) is 6.41. The van der Waals surface area contributed by atoms with Gasteiger partial charge >= 0.3 is 0 Å². The summed E-state index contributed by atoms with van der Waals surface area (Å²) in [6.45, 7) is 6.33. The molecule has 0 saturated heterocycles. The molecule has 1 unspecified atom stereocenters. The molecular formula is C31H35N3O2. The van der Waals surface area contributed by atoms with Crippen molar-refractivity contribution >= 4 is 23.0 Å². The molecule has 186 valence electrons. The van der Waals surface area contributed by atoms with Gasteiger partial charge in [-0.25, -0.2) is 4.98 Å². The van der Waals surface area contributed by atoms with E-state index in [2.05, 4.69) is 54.1 Å². The Kier molecular flexibility index (Phi) is 8.92. The molecule has 5 heteroatoms. The van der Waals surface area contributed by atoms with E-state index >= 15 is 0 Å². The smallest absolute Gasteiger partial charge is 0.244 e. The fourth-order valence-corrected chi connectivity index (χ4v) is 4.16. The van der Waals surface area contributed by atoms with Crippen LogP contribution < -0.4 is 10.1 Å². The molecule has 0 spiro atoms. The molecule has 4 aromatic rings. The van der Waals surface area contributed by atoms with Crippen LogP contribution in [0.15, 0.2) is 84.9 Å². The number of fused-ring (bicyclic) bond motifs is 1. The molecule has 4 rings (SSSR count). The molecule has 0 fully saturated rings. The molecule has 5 nitrogen and oxygen atoms in total. The molecule has 0 aliphatic rings. The van der Waals surface area contributed by atoms with Crippen molar-refractivity contribution in [3.63, 3.8) is 0 Å². The summed E-state index contributed by atoms with van der Waals surface area (Å²) in [5.41, 5.74) is 4.38. The van der Waals surface area contributed by atoms with Gasteiger partial charge in [-0.2, -0.15) is 0 Å². The molecule has 36 heavy (non-hydrogen) atoms. The second kappa shape index (κ2) is 12.7. The molecule has 0 radical (unpaired) electrons. The van der Waals surface area contributed by atoms with Gasteiger partial charge in [0.2, 0.25) is 5.91 Å². The first-order valence-electron chi connectivity index (χ1n) is 12.8. The third-order valence-electron chi connectivity index (χ3n) is 6.49. The minimum absolute atomic E-state index is 0.134. The largest absolute Gasteiger partial charge is 0.494 e. The van der Waals surface area contributed by atoms with Crippen molar-refractivity contribution in [3.05, 3.63) is 102 Å². The molecule has 0 saturated carbocycles. The predicted molar refractivity (Wildman–Crippen MR) is 147 cm³/mol. The second-order valence-electron chi connectivity index (χ2n) is 9.06. The maximum absolute atomic E-state index is 12.4. The van der Waals surface area contributed by atoms with Crippen LogP contribution in [0.3, 0.4) is 0 Å². The van der Waals surface area contributed by atoms with Crippen molar-refractivity contribution < 1.29 is 9.53 Å². The molecule has 1 heterocycles. The Labute approximate surface area is 213 Å². The van der Waals surface area contributed by atoms with Crippen LogP contribution in [-0.2, 0) is 17.9 Å². The first-order valence-corrected chi connectivity index (χ1v) is 12.8. The Hall–Kier alpha value is -3.86. The highest BCUT2D eigenvalue weighted by Crippen LogP contribution is 2.22. The van der Waals surface area contributed by atoms with E-state index in [0.717, 1.165) is 54.0 Å². The predicted octanol–water partition coefficient (Wildman–Crippen LogP) is 6.74. The number of para-hydroxylation sites is 2. The molecule has 3 aromatic carbocycles. The number of benzene rings is 3. The Balaban J connectivity index is 1.30. The van der Waals surface area contributed by atoms with E-state index in [1.54, 1.807) is 6.08 Å². The Morgan fingerprint density at radius 3 is 2.53 bits per heavy atom. The molecule has 1 N–H and O–H groups in total. The molecule has 0 aliphatic carbocycles. The fourth-order valence-electron chi connectivity index (χ4n) is 4.16. The molecule has 1 amide bonds. The van der Waals surface area contributed by atoms with Crippen LogP contribution in [-0.4, -0.2) is 22.1 Å². The number of aromatic nitrogens is 2. The van der Waals surface area contributed by atoms with E-state index in [0.29, 0.717) is 19.1 Å². The van der Waals surface area contributed by atoms with Gasteiger partial charge < -0.3 is 14.6 Å². The van der Waals surface area contributed by atoms with Gasteiger partial charge in [-0.15, -0.1) is 0 Å². The van der Waals surface area contributed by atoms with Crippen LogP contribution in [0.4, 0.5) is 0 Å². The van der Waals surface area contributed by atoms with Gasteiger partial charge in [-0.3, -0.25) is 4.79 Å². The number of carbonyl (C=O) groups excluding carboxylic acids is 1. The standard InChI is InChI=1S/C31H35N3O2/c1-3-24(2)26-16-18-27(19-17-26)36-22-10-9-21-34-29-14-8-7-13-28(29)33-30(34)23-32-31(35)20-15-25-11-5-4-6-12-25/h4-8,11-20,24H,3,9-10,21-23H2,1-2H3,(H,32,35)/b20-15-. The van der Waals surface area contributed by atoms with Crippen LogP contribution in [0, 0.1) is 0 Å². The van der Waals surface area contributed by atoms with Crippen molar-refractivity contribution in [2.75, 3.05) is 6.61 Å². The van der Waals surface area contributed by atoms with Crippen LogP contribution >= 0.6 is 0 Å². The average molecular weight is 482 g/mol. The molecule has 1 atom stereocenters. The van der Waals surface area contributed by atoms with Gasteiger partial charge in [0.15, 0.2) is 0 Å². The summed E-state index contributed by atoms with van der Waals surface area (Å²) in [5, 5.41) is 2.98. The van der Waals surface area contributed by atoms with E-state index in [-0.39, 0.29) is 5.91 Å². The Bertz CT molecular complexity index is 1280. The summed E-state index contributed by atoms with van der Waals surface area (Å²) in [6, 6.07) is 26.4. The highest BCUT2D eigenvalue weighted by molar-refractivity contribution is 5.91. The van der Waals surface area contributed by atoms with Crippen molar-refractivity contribution in [2.24, 2.45) is 0 Å². The van der Waals surface area contributed by atoms with Crippen LogP contribution in [0.1, 0.15) is 56.0 Å². The SMILES string of the molecule is CCC(C)c1ccc(OCCCCn2c(CNC(=O)/C=C\c3ccccc3)nc3ccccc32)cc1. The van der Waals surface area contributed by atoms with E-state index < -0.39 is 0 Å². The van der Waals surface area contributed by atoms with Crippen molar-refractivity contribution in [1.82, 2.24) is 14.9 Å². The summed E-state index contributed by atoms with van der Waals surface area (Å²) in [4.78, 5) is 17.1. The number of hydrogen-bond donors (Lipinski definition) is 1. The maximum atomic E-state index is 12.4. The lowest BCUT2D eigenvalue weighted by Crippen LogP contribution is -2.22. The van der Waals surface area contributed by atoms with Gasteiger partial charge in [0.1, 0.15) is 11.6 Å². The second-order valence-corrected chi connectivity index (χ2v) is 9.06. The number of aryl methyl sites for hydroxylation is 1. The number of imidazole rings is 1. The first kappa shape index (κ1) is 25.2. The summed E-state index contributed by atoms with van der Waals surface area (Å²) >= 11 is 0. The lowest BCUT2D eigenvalue weighted by Gasteiger charge is -2.12. The number of rotatable bonds is 12. The Morgan fingerprint density at radius 2 is 1.75 bits per heavy atom. The van der Waals surface area contributed by atoms with Crippen molar-refractivity contribution in [2.45, 2.75) is 52.1 Å². The summed E-state index contributed by atoms with van der Waals surface area (Å²) < 4.78 is 8.17. The van der Waals surface area contributed by atoms with E-state index in [1.807, 2.05) is 54.6 Å². The highest BCUT2D eigenvalue weighted by Gasteiger charge is 2.11. The molecule has 1 aromatic heterocycles. The summed E-state index contributed by atoms with van der Waals surface area (Å²) in [5.74, 6) is 2.22. The number of nitrogens with zero attached hydrogens (tertiary/aromatic N) is 2. The van der Waals surface area contributed by atoms with E-state index in [9.17, 15) is 4.79 Å². The van der Waals surface area contributed by atoms with Crippen molar-refractivity contribution in [1.29, 1.82) is 0 Å². The number of unbranched alkanes of at least 4 members (excludes halogenated alkanes) is 1. The third-order valence-corrected chi connectivity index (χ3v) is 6.49. The minimum Gasteiger partial charge on any atom is -0.494 e. The number of carbonyl (C=O) groups is 1. The van der Waals surface area contributed by atoms with Crippen LogP contribution in [0.25, 0.3) is 17.1 Å². The van der Waals surface area contributed by atoms with E-state index in [4.69, 9.17) is 9.72 Å². The number of ether oxygens (including phenoxy) is 1. The quantitative estimate of drug-likeness (QED) is 0.180. The zero-order valence-electron chi connectivity index (χ0n) is 21.2. The normalized spacial score (nSPS) is 12.2. The zero-order valence-corrected chi connectivity index (χ0v) is 21.2. The lowest BCUT2D eigenvalue weighted by molar-refractivity contribution is -0.116. The highest BCUT2D eigenvalue weighted by atomic mass is 16.5. The lowest BCUT2D eigenvalue weighted by atomic mass is 9.99. The first-order chi connectivity index (χ1) is 17.6.